The minimum absolute atomic E-state index is 0.277. The number of aryl methyl sites for hydroxylation is 1. The van der Waals surface area contributed by atoms with Gasteiger partial charge in [-0.15, -0.1) is 11.3 Å². The van der Waals surface area contributed by atoms with Crippen LogP contribution in [0.4, 0.5) is 0 Å². The van der Waals surface area contributed by atoms with Crippen LogP contribution in [0.15, 0.2) is 12.1 Å². The molecule has 1 rings (SSSR count). The molecule has 0 aliphatic heterocycles. The highest BCUT2D eigenvalue weighted by Crippen LogP contribution is 2.21. The number of ether oxygens (including phenoxy) is 1. The summed E-state index contributed by atoms with van der Waals surface area (Å²) in [7, 11) is 1.83. The predicted octanol–water partition coefficient (Wildman–Crippen LogP) is 3.89. The van der Waals surface area contributed by atoms with Crippen LogP contribution in [0.3, 0.4) is 0 Å². The monoisotopic (exact) mass is 283 g/mol. The van der Waals surface area contributed by atoms with E-state index in [1.807, 2.05) is 18.4 Å². The molecule has 19 heavy (non-hydrogen) atoms. The highest BCUT2D eigenvalue weighted by Gasteiger charge is 2.24. The molecule has 0 saturated heterocycles. The molecule has 0 aliphatic carbocycles. The Morgan fingerprint density at radius 1 is 1.21 bits per heavy atom. The number of hydrogen-bond donors (Lipinski definition) is 1. The van der Waals surface area contributed by atoms with E-state index in [-0.39, 0.29) is 6.10 Å². The maximum absolute atomic E-state index is 5.72. The molecule has 0 spiro atoms. The third kappa shape index (κ3) is 5.25. The van der Waals surface area contributed by atoms with Crippen LogP contribution in [-0.4, -0.2) is 25.8 Å². The maximum Gasteiger partial charge on any atom is 0.0750 e. The molecule has 2 atom stereocenters. The van der Waals surface area contributed by atoms with Crippen molar-refractivity contribution in [3.8, 4) is 0 Å². The van der Waals surface area contributed by atoms with Crippen molar-refractivity contribution >= 4 is 11.3 Å². The Hall–Kier alpha value is -0.380. The normalized spacial score (nSPS) is 14.8. The molecule has 1 heterocycles. The molecular weight excluding hydrogens is 254 g/mol. The lowest BCUT2D eigenvalue weighted by Crippen LogP contribution is -2.45. The zero-order valence-electron chi connectivity index (χ0n) is 13.0. The molecule has 0 amide bonds. The van der Waals surface area contributed by atoms with Crippen molar-refractivity contribution in [3.05, 3.63) is 21.9 Å². The summed E-state index contributed by atoms with van der Waals surface area (Å²) in [6, 6.07) is 4.94. The minimum atomic E-state index is 0.277. The molecule has 0 aliphatic rings. The number of thiophene rings is 1. The van der Waals surface area contributed by atoms with Gasteiger partial charge in [0.1, 0.15) is 0 Å². The van der Waals surface area contributed by atoms with Crippen molar-refractivity contribution in [3.63, 3.8) is 0 Å². The van der Waals surface area contributed by atoms with Gasteiger partial charge in [0.15, 0.2) is 0 Å². The molecule has 2 nitrogen and oxygen atoms in total. The summed E-state index contributed by atoms with van der Waals surface area (Å²) in [5, 5.41) is 3.66. The van der Waals surface area contributed by atoms with Crippen LogP contribution in [0.2, 0.25) is 0 Å². The van der Waals surface area contributed by atoms with E-state index in [1.54, 1.807) is 0 Å². The average molecular weight is 283 g/mol. The summed E-state index contributed by atoms with van der Waals surface area (Å²) >= 11 is 1.94. The number of nitrogens with one attached hydrogen (secondary N) is 1. The first-order valence-electron chi connectivity index (χ1n) is 7.46. The minimum Gasteiger partial charge on any atom is -0.380 e. The molecule has 0 radical (unpaired) electrons. The van der Waals surface area contributed by atoms with Crippen LogP contribution in [0.1, 0.15) is 43.9 Å². The highest BCUT2D eigenvalue weighted by molar-refractivity contribution is 7.11. The Balaban J connectivity index is 2.72. The molecule has 1 aromatic heterocycles. The van der Waals surface area contributed by atoms with E-state index in [2.05, 4.69) is 45.1 Å². The molecule has 1 N–H and O–H groups in total. The fourth-order valence-corrected chi connectivity index (χ4v) is 3.49. The van der Waals surface area contributed by atoms with Crippen LogP contribution in [0.5, 0.6) is 0 Å². The third-order valence-corrected chi connectivity index (χ3v) is 4.72. The van der Waals surface area contributed by atoms with Crippen LogP contribution in [0.25, 0.3) is 0 Å². The van der Waals surface area contributed by atoms with Crippen molar-refractivity contribution in [2.24, 2.45) is 5.92 Å². The van der Waals surface area contributed by atoms with Gasteiger partial charge in [-0.1, -0.05) is 27.7 Å². The quantitative estimate of drug-likeness (QED) is 0.742. The van der Waals surface area contributed by atoms with E-state index in [0.717, 1.165) is 25.8 Å². The summed E-state index contributed by atoms with van der Waals surface area (Å²) in [5.41, 5.74) is 0. The van der Waals surface area contributed by atoms with Crippen LogP contribution in [-0.2, 0) is 17.6 Å². The molecule has 0 bridgehead atoms. The van der Waals surface area contributed by atoms with Gasteiger partial charge in [-0.3, -0.25) is 0 Å². The van der Waals surface area contributed by atoms with Crippen molar-refractivity contribution in [2.45, 2.75) is 59.1 Å². The van der Waals surface area contributed by atoms with Gasteiger partial charge in [-0.05, 0) is 43.9 Å². The van der Waals surface area contributed by atoms with Gasteiger partial charge < -0.3 is 10.1 Å². The van der Waals surface area contributed by atoms with E-state index in [0.29, 0.717) is 12.0 Å². The first kappa shape index (κ1) is 16.7. The zero-order chi connectivity index (χ0) is 14.3. The molecule has 0 saturated carbocycles. The summed E-state index contributed by atoms with van der Waals surface area (Å²) in [5.74, 6) is 0.532. The molecular formula is C16H29NOS. The average Bonchev–Trinajstić information content (AvgIpc) is 2.83. The zero-order valence-corrected chi connectivity index (χ0v) is 13.8. The highest BCUT2D eigenvalue weighted by atomic mass is 32.1. The van der Waals surface area contributed by atoms with E-state index in [4.69, 9.17) is 4.74 Å². The molecule has 1 aromatic rings. The Morgan fingerprint density at radius 3 is 2.37 bits per heavy atom. The second-order valence-corrected chi connectivity index (χ2v) is 6.68. The largest absolute Gasteiger partial charge is 0.380 e. The second kappa shape index (κ2) is 8.72. The lowest BCUT2D eigenvalue weighted by Gasteiger charge is -2.29. The smallest absolute Gasteiger partial charge is 0.0750 e. The van der Waals surface area contributed by atoms with E-state index in [1.165, 1.54) is 9.75 Å². The standard InChI is InChI=1S/C16H29NOS/c1-6-10-17-15(16(18-5)12(3)4)11-14-9-8-13(7-2)19-14/h8-9,12,15-17H,6-7,10-11H2,1-5H3. The Bertz CT molecular complexity index is 348. The van der Waals surface area contributed by atoms with Crippen molar-refractivity contribution < 1.29 is 4.74 Å². The van der Waals surface area contributed by atoms with Crippen molar-refractivity contribution in [1.82, 2.24) is 5.32 Å². The van der Waals surface area contributed by atoms with Gasteiger partial charge in [0, 0.05) is 22.9 Å². The summed E-state index contributed by atoms with van der Waals surface area (Å²) in [6.45, 7) is 9.96. The van der Waals surface area contributed by atoms with E-state index in [9.17, 15) is 0 Å². The van der Waals surface area contributed by atoms with E-state index < -0.39 is 0 Å². The van der Waals surface area contributed by atoms with Gasteiger partial charge in [0.05, 0.1) is 6.10 Å². The van der Waals surface area contributed by atoms with Crippen LogP contribution < -0.4 is 5.32 Å². The summed E-state index contributed by atoms with van der Waals surface area (Å²) in [6.07, 6.45) is 3.64. The SMILES string of the molecule is CCCNC(Cc1ccc(CC)s1)C(OC)C(C)C. The van der Waals surface area contributed by atoms with Crippen molar-refractivity contribution in [1.29, 1.82) is 0 Å². The maximum atomic E-state index is 5.72. The number of rotatable bonds is 9. The molecule has 2 unspecified atom stereocenters. The lowest BCUT2D eigenvalue weighted by atomic mass is 9.96. The Morgan fingerprint density at radius 2 is 1.89 bits per heavy atom. The molecule has 110 valence electrons. The van der Waals surface area contributed by atoms with Gasteiger partial charge in [0.2, 0.25) is 0 Å². The number of hydrogen-bond acceptors (Lipinski definition) is 3. The van der Waals surface area contributed by atoms with Gasteiger partial charge in [0.25, 0.3) is 0 Å². The predicted molar refractivity (Wildman–Crippen MR) is 85.1 cm³/mol. The third-order valence-electron chi connectivity index (χ3n) is 3.47. The van der Waals surface area contributed by atoms with Gasteiger partial charge in [-0.2, -0.15) is 0 Å². The summed E-state index contributed by atoms with van der Waals surface area (Å²) < 4.78 is 5.72. The van der Waals surface area contributed by atoms with E-state index >= 15 is 0 Å². The Kier molecular flexibility index (Phi) is 7.66. The molecule has 3 heteroatoms. The Labute approximate surface area is 122 Å². The first-order valence-corrected chi connectivity index (χ1v) is 8.27. The van der Waals surface area contributed by atoms with Crippen LogP contribution in [0, 0.1) is 5.92 Å². The second-order valence-electron chi connectivity index (χ2n) is 5.43. The number of methoxy groups -OCH3 is 1. The topological polar surface area (TPSA) is 21.3 Å². The molecule has 0 aromatic carbocycles. The summed E-state index contributed by atoms with van der Waals surface area (Å²) in [4.78, 5) is 2.94. The van der Waals surface area contributed by atoms with Gasteiger partial charge in [-0.25, -0.2) is 0 Å². The van der Waals surface area contributed by atoms with Crippen LogP contribution >= 0.6 is 11.3 Å². The fraction of sp³-hybridized carbons (Fsp3) is 0.750. The van der Waals surface area contributed by atoms with Crippen molar-refractivity contribution in [2.75, 3.05) is 13.7 Å². The lowest BCUT2D eigenvalue weighted by molar-refractivity contribution is 0.0335. The van der Waals surface area contributed by atoms with Gasteiger partial charge >= 0.3 is 0 Å². The fourth-order valence-electron chi connectivity index (χ4n) is 2.47. The molecule has 0 fully saturated rings. The first-order chi connectivity index (χ1) is 9.12.